The summed E-state index contributed by atoms with van der Waals surface area (Å²) in [6.07, 6.45) is -3.85. The molecule has 0 unspecified atom stereocenters. The molecule has 0 atom stereocenters. The number of rotatable bonds is 6. The molecule has 2 amide bonds. The Kier molecular flexibility index (Phi) is 6.83. The van der Waals surface area contributed by atoms with Crippen molar-refractivity contribution in [1.82, 2.24) is 5.32 Å². The van der Waals surface area contributed by atoms with Gasteiger partial charge in [0.25, 0.3) is 0 Å². The number of thioether (sulfide) groups is 1. The Bertz CT molecular complexity index is 481. The van der Waals surface area contributed by atoms with Crippen molar-refractivity contribution >= 4 is 23.5 Å². The summed E-state index contributed by atoms with van der Waals surface area (Å²) in [6.45, 7) is 2.03. The maximum atomic E-state index is 12.3. The number of alkyl halides is 3. The van der Waals surface area contributed by atoms with E-state index < -0.39 is 18.0 Å². The van der Waals surface area contributed by atoms with E-state index in [1.807, 2.05) is 0 Å². The zero-order chi connectivity index (χ0) is 15.9. The second kappa shape index (κ2) is 8.14. The van der Waals surface area contributed by atoms with Gasteiger partial charge in [0.1, 0.15) is 0 Å². The third-order valence-electron chi connectivity index (χ3n) is 2.40. The maximum Gasteiger partial charge on any atom is 0.398 e. The molecule has 0 aromatic heterocycles. The lowest BCUT2D eigenvalue weighted by atomic mass is 10.2. The van der Waals surface area contributed by atoms with Gasteiger partial charge in [-0.1, -0.05) is 6.07 Å². The van der Waals surface area contributed by atoms with Crippen molar-refractivity contribution in [3.05, 3.63) is 23.8 Å². The van der Waals surface area contributed by atoms with E-state index in [4.69, 9.17) is 5.11 Å². The average Bonchev–Trinajstić information content (AvgIpc) is 2.37. The molecule has 0 aliphatic rings. The van der Waals surface area contributed by atoms with Crippen molar-refractivity contribution in [3.63, 3.8) is 0 Å². The standard InChI is InChI=1S/C13H17F3N2O2S/c1-9-3-4-11(21-8-13(14,15)16)10(7-9)18-12(20)17-5-2-6-19/h3-4,7,19H,2,5-6,8H2,1H3,(H2,17,18,20). The normalized spacial score (nSPS) is 11.3. The lowest BCUT2D eigenvalue weighted by molar-refractivity contribution is -0.105. The number of aliphatic hydroxyl groups is 1. The first kappa shape index (κ1) is 17.6. The average molecular weight is 322 g/mol. The van der Waals surface area contributed by atoms with Gasteiger partial charge >= 0.3 is 12.2 Å². The van der Waals surface area contributed by atoms with Gasteiger partial charge in [0.15, 0.2) is 0 Å². The Morgan fingerprint density at radius 3 is 2.71 bits per heavy atom. The lowest BCUT2D eigenvalue weighted by Crippen LogP contribution is -2.30. The molecule has 0 radical (unpaired) electrons. The Hall–Kier alpha value is -1.41. The first-order valence-electron chi connectivity index (χ1n) is 6.28. The van der Waals surface area contributed by atoms with Crippen molar-refractivity contribution in [2.45, 2.75) is 24.4 Å². The van der Waals surface area contributed by atoms with Crippen LogP contribution in [0.2, 0.25) is 0 Å². The molecular weight excluding hydrogens is 305 g/mol. The van der Waals surface area contributed by atoms with Crippen LogP contribution in [-0.2, 0) is 0 Å². The highest BCUT2D eigenvalue weighted by Crippen LogP contribution is 2.32. The number of amides is 2. The molecule has 21 heavy (non-hydrogen) atoms. The highest BCUT2D eigenvalue weighted by atomic mass is 32.2. The summed E-state index contributed by atoms with van der Waals surface area (Å²) in [7, 11) is 0. The van der Waals surface area contributed by atoms with Crippen molar-refractivity contribution in [2.75, 3.05) is 24.2 Å². The molecule has 0 saturated carbocycles. The second-order valence-corrected chi connectivity index (χ2v) is 5.38. The fraction of sp³-hybridized carbons (Fsp3) is 0.462. The molecule has 0 heterocycles. The number of hydrogen-bond donors (Lipinski definition) is 3. The lowest BCUT2D eigenvalue weighted by Gasteiger charge is -2.13. The van der Waals surface area contributed by atoms with Crippen molar-refractivity contribution < 1.29 is 23.1 Å². The number of anilines is 1. The maximum absolute atomic E-state index is 12.3. The summed E-state index contributed by atoms with van der Waals surface area (Å²) in [5.41, 5.74) is 1.17. The SMILES string of the molecule is Cc1ccc(SCC(F)(F)F)c(NC(=O)NCCCO)c1. The Morgan fingerprint density at radius 2 is 2.10 bits per heavy atom. The van der Waals surface area contributed by atoms with Crippen molar-refractivity contribution in [3.8, 4) is 0 Å². The van der Waals surface area contributed by atoms with E-state index in [-0.39, 0.29) is 6.61 Å². The van der Waals surface area contributed by atoms with Crippen LogP contribution < -0.4 is 10.6 Å². The fourth-order valence-corrected chi connectivity index (χ4v) is 2.22. The number of aryl methyl sites for hydroxylation is 1. The van der Waals surface area contributed by atoms with Gasteiger partial charge in [-0.15, -0.1) is 11.8 Å². The molecule has 0 bridgehead atoms. The van der Waals surface area contributed by atoms with Crippen LogP contribution in [0.15, 0.2) is 23.1 Å². The van der Waals surface area contributed by atoms with Crippen LogP contribution in [0.3, 0.4) is 0 Å². The number of aliphatic hydroxyl groups excluding tert-OH is 1. The van der Waals surface area contributed by atoms with Gasteiger partial charge < -0.3 is 15.7 Å². The number of benzene rings is 1. The number of hydrogen-bond acceptors (Lipinski definition) is 3. The van der Waals surface area contributed by atoms with Gasteiger partial charge in [-0.05, 0) is 31.0 Å². The van der Waals surface area contributed by atoms with E-state index >= 15 is 0 Å². The zero-order valence-electron chi connectivity index (χ0n) is 11.5. The molecule has 0 saturated heterocycles. The van der Waals surface area contributed by atoms with Gasteiger partial charge in [-0.3, -0.25) is 0 Å². The predicted octanol–water partition coefficient (Wildman–Crippen LogP) is 3.15. The Balaban J connectivity index is 2.70. The highest BCUT2D eigenvalue weighted by molar-refractivity contribution is 7.99. The van der Waals surface area contributed by atoms with E-state index in [1.165, 1.54) is 0 Å². The summed E-state index contributed by atoms with van der Waals surface area (Å²) in [5.74, 6) is -1.02. The third-order valence-corrected chi connectivity index (χ3v) is 3.53. The topological polar surface area (TPSA) is 61.4 Å². The largest absolute Gasteiger partial charge is 0.398 e. The molecular formula is C13H17F3N2O2S. The molecule has 4 nitrogen and oxygen atoms in total. The van der Waals surface area contributed by atoms with E-state index in [2.05, 4.69) is 10.6 Å². The molecule has 118 valence electrons. The van der Waals surface area contributed by atoms with Crippen LogP contribution in [0.25, 0.3) is 0 Å². The van der Waals surface area contributed by atoms with Crippen molar-refractivity contribution in [1.29, 1.82) is 0 Å². The molecule has 8 heteroatoms. The van der Waals surface area contributed by atoms with Crippen LogP contribution in [-0.4, -0.2) is 36.2 Å². The minimum absolute atomic E-state index is 0.0442. The molecule has 1 rings (SSSR count). The second-order valence-electron chi connectivity index (χ2n) is 4.36. The third kappa shape index (κ3) is 7.24. The molecule has 1 aromatic carbocycles. The van der Waals surface area contributed by atoms with Crippen LogP contribution in [0.1, 0.15) is 12.0 Å². The van der Waals surface area contributed by atoms with Gasteiger partial charge in [0, 0.05) is 18.0 Å². The summed E-state index contributed by atoms with van der Waals surface area (Å²) < 4.78 is 36.8. The van der Waals surface area contributed by atoms with E-state index in [0.29, 0.717) is 35.3 Å². The first-order chi connectivity index (χ1) is 9.81. The number of urea groups is 1. The van der Waals surface area contributed by atoms with Gasteiger partial charge in [0.2, 0.25) is 0 Å². The number of halogens is 3. The monoisotopic (exact) mass is 322 g/mol. The summed E-state index contributed by atoms with van der Waals surface area (Å²) in [4.78, 5) is 12.0. The Morgan fingerprint density at radius 1 is 1.38 bits per heavy atom. The number of carbonyl (C=O) groups excluding carboxylic acids is 1. The van der Waals surface area contributed by atoms with E-state index in [9.17, 15) is 18.0 Å². The molecule has 0 aliphatic carbocycles. The molecule has 0 fully saturated rings. The summed E-state index contributed by atoms with van der Waals surface area (Å²) in [5, 5.41) is 13.7. The zero-order valence-corrected chi connectivity index (χ0v) is 12.3. The predicted molar refractivity (Wildman–Crippen MR) is 76.7 cm³/mol. The molecule has 0 aliphatic heterocycles. The van der Waals surface area contributed by atoms with Gasteiger partial charge in [-0.2, -0.15) is 13.2 Å². The van der Waals surface area contributed by atoms with Crippen LogP contribution in [0.4, 0.5) is 23.7 Å². The van der Waals surface area contributed by atoms with Crippen molar-refractivity contribution in [2.24, 2.45) is 0 Å². The summed E-state index contributed by atoms with van der Waals surface area (Å²) in [6, 6.07) is 4.34. The number of nitrogens with one attached hydrogen (secondary N) is 2. The minimum Gasteiger partial charge on any atom is -0.396 e. The van der Waals surface area contributed by atoms with Crippen LogP contribution in [0.5, 0.6) is 0 Å². The molecule has 0 spiro atoms. The minimum atomic E-state index is -4.27. The first-order valence-corrected chi connectivity index (χ1v) is 7.26. The van der Waals surface area contributed by atoms with E-state index in [0.717, 1.165) is 5.56 Å². The van der Waals surface area contributed by atoms with Crippen LogP contribution in [0, 0.1) is 6.92 Å². The Labute approximate surface area is 125 Å². The van der Waals surface area contributed by atoms with Gasteiger partial charge in [-0.25, -0.2) is 4.79 Å². The summed E-state index contributed by atoms with van der Waals surface area (Å²) >= 11 is 0.626. The molecule has 3 N–H and O–H groups in total. The van der Waals surface area contributed by atoms with Crippen LogP contribution >= 0.6 is 11.8 Å². The fourth-order valence-electron chi connectivity index (χ4n) is 1.47. The molecule has 1 aromatic rings. The number of carbonyl (C=O) groups is 1. The smallest absolute Gasteiger partial charge is 0.396 e. The quantitative estimate of drug-likeness (QED) is 0.557. The highest BCUT2D eigenvalue weighted by Gasteiger charge is 2.27. The van der Waals surface area contributed by atoms with Gasteiger partial charge in [0.05, 0.1) is 11.4 Å². The van der Waals surface area contributed by atoms with E-state index in [1.54, 1.807) is 25.1 Å².